The molecule has 0 aliphatic carbocycles. The van der Waals surface area contributed by atoms with Crippen LogP contribution in [0.25, 0.3) is 0 Å². The number of carbonyl (C=O) groups excluding carboxylic acids is 1. The molecule has 10 heteroatoms. The van der Waals surface area contributed by atoms with E-state index in [4.69, 9.17) is 14.2 Å². The summed E-state index contributed by atoms with van der Waals surface area (Å²) in [5.41, 5.74) is 1.19. The summed E-state index contributed by atoms with van der Waals surface area (Å²) >= 11 is 0. The van der Waals surface area contributed by atoms with Crippen LogP contribution in [0.4, 0.5) is 11.4 Å². The fraction of sp³-hybridized carbons (Fsp3) is 0.458. The van der Waals surface area contributed by atoms with Gasteiger partial charge in [0.25, 0.3) is 5.91 Å². The molecule has 182 valence electrons. The number of sulfonamides is 1. The molecule has 2 aromatic carbocycles. The number of nitrogens with one attached hydrogen (secondary N) is 1. The minimum absolute atomic E-state index is 0.0709. The zero-order valence-electron chi connectivity index (χ0n) is 18.9. The standard InChI is InChI=1S/C24H29N3O6S/c28-24(23-17-32-21-6-2-3-7-22(21)33-23)25-19-16-18(34(29,30)27-10-4-1-5-11-27)8-9-20(19)26-12-14-31-15-13-26/h2-3,6-9,16,23H,1,4-5,10-15,17H2,(H,25,28)/t23-/m1/s1. The molecular formula is C24H29N3O6S. The summed E-state index contributed by atoms with van der Waals surface area (Å²) in [6.07, 6.45) is 1.90. The van der Waals surface area contributed by atoms with Crippen molar-refractivity contribution in [1.82, 2.24) is 4.31 Å². The highest BCUT2D eigenvalue weighted by Crippen LogP contribution is 2.34. The zero-order valence-corrected chi connectivity index (χ0v) is 19.8. The highest BCUT2D eigenvalue weighted by atomic mass is 32.2. The fourth-order valence-corrected chi connectivity index (χ4v) is 6.02. The Morgan fingerprint density at radius 1 is 0.941 bits per heavy atom. The van der Waals surface area contributed by atoms with Crippen LogP contribution >= 0.6 is 0 Å². The highest BCUT2D eigenvalue weighted by molar-refractivity contribution is 7.89. The Kier molecular flexibility index (Phi) is 6.62. The number of fused-ring (bicyclic) bond motifs is 1. The van der Waals surface area contributed by atoms with Gasteiger partial charge in [0.05, 0.1) is 29.5 Å². The summed E-state index contributed by atoms with van der Waals surface area (Å²) < 4.78 is 45.1. The molecule has 0 spiro atoms. The molecular weight excluding hydrogens is 458 g/mol. The second kappa shape index (κ2) is 9.81. The summed E-state index contributed by atoms with van der Waals surface area (Å²) in [6, 6.07) is 12.1. The van der Waals surface area contributed by atoms with E-state index in [1.807, 2.05) is 12.1 Å². The third-order valence-corrected chi connectivity index (χ3v) is 8.23. The molecule has 0 saturated carbocycles. The topological polar surface area (TPSA) is 97.4 Å². The number of para-hydroxylation sites is 2. The maximum atomic E-state index is 13.3. The molecule has 2 aromatic rings. The molecule has 0 radical (unpaired) electrons. The number of amides is 1. The van der Waals surface area contributed by atoms with Gasteiger partial charge >= 0.3 is 0 Å². The monoisotopic (exact) mass is 487 g/mol. The first-order valence-corrected chi connectivity index (χ1v) is 13.1. The number of piperidine rings is 1. The van der Waals surface area contributed by atoms with Gasteiger partial charge in [-0.2, -0.15) is 4.31 Å². The van der Waals surface area contributed by atoms with Gasteiger partial charge in [-0.25, -0.2) is 8.42 Å². The first-order valence-electron chi connectivity index (χ1n) is 11.7. The van der Waals surface area contributed by atoms with Crippen LogP contribution < -0.4 is 19.7 Å². The molecule has 34 heavy (non-hydrogen) atoms. The van der Waals surface area contributed by atoms with Crippen molar-refractivity contribution >= 4 is 27.3 Å². The van der Waals surface area contributed by atoms with Gasteiger partial charge in [-0.1, -0.05) is 18.6 Å². The lowest BCUT2D eigenvalue weighted by atomic mass is 10.2. The van der Waals surface area contributed by atoms with Gasteiger partial charge < -0.3 is 24.4 Å². The largest absolute Gasteiger partial charge is 0.485 e. The average Bonchev–Trinajstić information content (AvgIpc) is 2.89. The number of benzene rings is 2. The molecule has 3 heterocycles. The van der Waals surface area contributed by atoms with Crippen molar-refractivity contribution in [1.29, 1.82) is 0 Å². The van der Waals surface area contributed by atoms with E-state index < -0.39 is 22.0 Å². The number of hydrogen-bond donors (Lipinski definition) is 1. The maximum Gasteiger partial charge on any atom is 0.269 e. The Hall–Kier alpha value is -2.82. The van der Waals surface area contributed by atoms with Gasteiger partial charge in [0.1, 0.15) is 6.61 Å². The first-order chi connectivity index (χ1) is 16.5. The minimum atomic E-state index is -3.65. The Morgan fingerprint density at radius 2 is 1.68 bits per heavy atom. The molecule has 2 fully saturated rings. The van der Waals surface area contributed by atoms with E-state index in [2.05, 4.69) is 10.2 Å². The number of anilines is 2. The van der Waals surface area contributed by atoms with Gasteiger partial charge in [0.15, 0.2) is 11.5 Å². The van der Waals surface area contributed by atoms with Crippen LogP contribution in [0, 0.1) is 0 Å². The summed E-state index contributed by atoms with van der Waals surface area (Å²) in [4.78, 5) is 15.4. The Bertz CT molecular complexity index is 1140. The molecule has 3 aliphatic heterocycles. The third-order valence-electron chi connectivity index (χ3n) is 6.33. The van der Waals surface area contributed by atoms with E-state index in [0.717, 1.165) is 24.9 Å². The van der Waals surface area contributed by atoms with Crippen LogP contribution in [0.5, 0.6) is 11.5 Å². The summed E-state index contributed by atoms with van der Waals surface area (Å²) in [5, 5.41) is 2.91. The molecule has 2 saturated heterocycles. The second-order valence-electron chi connectivity index (χ2n) is 8.60. The van der Waals surface area contributed by atoms with Crippen LogP contribution in [0.15, 0.2) is 47.4 Å². The van der Waals surface area contributed by atoms with Crippen molar-refractivity contribution < 1.29 is 27.4 Å². The number of morpholine rings is 1. The maximum absolute atomic E-state index is 13.3. The van der Waals surface area contributed by atoms with E-state index in [-0.39, 0.29) is 11.5 Å². The third kappa shape index (κ3) is 4.70. The summed E-state index contributed by atoms with van der Waals surface area (Å²) in [6.45, 7) is 3.54. The molecule has 3 aliphatic rings. The van der Waals surface area contributed by atoms with Crippen LogP contribution in [0.1, 0.15) is 19.3 Å². The van der Waals surface area contributed by atoms with Crippen molar-refractivity contribution in [3.8, 4) is 11.5 Å². The average molecular weight is 488 g/mol. The lowest BCUT2D eigenvalue weighted by Crippen LogP contribution is -2.41. The van der Waals surface area contributed by atoms with Gasteiger partial charge in [-0.3, -0.25) is 4.79 Å². The number of hydrogen-bond acceptors (Lipinski definition) is 7. The Morgan fingerprint density at radius 3 is 2.44 bits per heavy atom. The highest BCUT2D eigenvalue weighted by Gasteiger charge is 2.30. The molecule has 1 N–H and O–H groups in total. The lowest BCUT2D eigenvalue weighted by molar-refractivity contribution is -0.125. The van der Waals surface area contributed by atoms with Crippen molar-refractivity contribution in [2.24, 2.45) is 0 Å². The molecule has 9 nitrogen and oxygen atoms in total. The van der Waals surface area contributed by atoms with Gasteiger partial charge in [-0.15, -0.1) is 0 Å². The molecule has 5 rings (SSSR count). The van der Waals surface area contributed by atoms with Crippen LogP contribution in [-0.2, 0) is 19.6 Å². The molecule has 0 aromatic heterocycles. The lowest BCUT2D eigenvalue weighted by Gasteiger charge is -2.32. The van der Waals surface area contributed by atoms with Crippen LogP contribution in [0.2, 0.25) is 0 Å². The van der Waals surface area contributed by atoms with Gasteiger partial charge in [-0.05, 0) is 43.2 Å². The summed E-state index contributed by atoms with van der Waals surface area (Å²) in [7, 11) is -3.65. The first kappa shape index (κ1) is 22.9. The number of rotatable bonds is 5. The minimum Gasteiger partial charge on any atom is -0.485 e. The van der Waals surface area contributed by atoms with Gasteiger partial charge in [0.2, 0.25) is 16.1 Å². The van der Waals surface area contributed by atoms with Crippen molar-refractivity contribution in [2.45, 2.75) is 30.3 Å². The van der Waals surface area contributed by atoms with E-state index in [0.29, 0.717) is 56.6 Å². The smallest absolute Gasteiger partial charge is 0.269 e. The predicted molar refractivity (Wildman–Crippen MR) is 127 cm³/mol. The number of carbonyl (C=O) groups is 1. The molecule has 1 amide bonds. The summed E-state index contributed by atoms with van der Waals surface area (Å²) in [5.74, 6) is 0.704. The zero-order chi connectivity index (χ0) is 23.5. The molecule has 0 unspecified atom stereocenters. The number of nitrogens with zero attached hydrogens (tertiary/aromatic N) is 2. The van der Waals surface area contributed by atoms with Crippen LogP contribution in [0.3, 0.4) is 0 Å². The van der Waals surface area contributed by atoms with E-state index in [1.165, 1.54) is 4.31 Å². The van der Waals surface area contributed by atoms with E-state index >= 15 is 0 Å². The molecule has 0 bridgehead atoms. The van der Waals surface area contributed by atoms with Crippen LogP contribution in [-0.4, -0.2) is 70.7 Å². The van der Waals surface area contributed by atoms with E-state index in [1.54, 1.807) is 30.3 Å². The normalized spacial score (nSPS) is 21.2. The quantitative estimate of drug-likeness (QED) is 0.692. The second-order valence-corrected chi connectivity index (χ2v) is 10.5. The van der Waals surface area contributed by atoms with Crippen molar-refractivity contribution in [3.63, 3.8) is 0 Å². The van der Waals surface area contributed by atoms with Gasteiger partial charge in [0, 0.05) is 26.2 Å². The Balaban J connectivity index is 1.42. The van der Waals surface area contributed by atoms with E-state index in [9.17, 15) is 13.2 Å². The van der Waals surface area contributed by atoms with Crippen molar-refractivity contribution in [3.05, 3.63) is 42.5 Å². The van der Waals surface area contributed by atoms with Crippen molar-refractivity contribution in [2.75, 3.05) is 56.2 Å². The fourth-order valence-electron chi connectivity index (χ4n) is 4.47. The Labute approximate surface area is 199 Å². The number of ether oxygens (including phenoxy) is 3. The molecule has 1 atom stereocenters. The SMILES string of the molecule is O=C(Nc1cc(S(=O)(=O)N2CCCCC2)ccc1N1CCOCC1)[C@H]1COc2ccccc2O1. The predicted octanol–water partition coefficient (Wildman–Crippen LogP) is 2.48.